The second-order valence-corrected chi connectivity index (χ2v) is 4.24. The van der Waals surface area contributed by atoms with Crippen molar-refractivity contribution in [1.29, 1.82) is 0 Å². The molecular weight excluding hydrogens is 298 g/mol. The number of ether oxygens (including phenoxy) is 1. The van der Waals surface area contributed by atoms with Crippen molar-refractivity contribution in [3.8, 4) is 23.7 Å². The minimum absolute atomic E-state index is 0.0570. The van der Waals surface area contributed by atoms with Crippen LogP contribution in [-0.2, 0) is 0 Å². The molecule has 2 N–H and O–H groups in total. The zero-order valence-electron chi connectivity index (χ0n) is 11.6. The third kappa shape index (κ3) is 3.48. The molecule has 0 aliphatic rings. The number of hydrogen-bond donors (Lipinski definition) is 2. The molecule has 8 heteroatoms. The number of benzene rings is 1. The van der Waals surface area contributed by atoms with Crippen LogP contribution in [0.5, 0.6) is 11.9 Å². The lowest BCUT2D eigenvalue weighted by Crippen LogP contribution is -2.01. The lowest BCUT2D eigenvalue weighted by Gasteiger charge is -2.00. The number of aromatic carboxylic acids is 1. The first kappa shape index (κ1) is 14.2. The van der Waals surface area contributed by atoms with Crippen molar-refractivity contribution in [2.45, 2.75) is 0 Å². The molecule has 0 aliphatic heterocycles. The van der Waals surface area contributed by atoms with Crippen molar-refractivity contribution >= 4 is 5.97 Å². The molecule has 112 valence electrons. The second-order valence-electron chi connectivity index (χ2n) is 4.24. The number of carboxylic acids is 1. The van der Waals surface area contributed by atoms with Crippen LogP contribution in [0.4, 0.5) is 0 Å². The highest BCUT2D eigenvalue weighted by molar-refractivity contribution is 5.87. The number of nitrogens with one attached hydrogen (secondary N) is 1. The van der Waals surface area contributed by atoms with Crippen molar-refractivity contribution in [2.24, 2.45) is 0 Å². The van der Waals surface area contributed by atoms with E-state index in [1.165, 1.54) is 6.20 Å². The Morgan fingerprint density at radius 2 is 2.00 bits per heavy atom. The summed E-state index contributed by atoms with van der Waals surface area (Å²) in [6.07, 6.45) is 1.46. The summed E-state index contributed by atoms with van der Waals surface area (Å²) < 4.78 is 5.25. The summed E-state index contributed by atoms with van der Waals surface area (Å²) >= 11 is 0. The number of rotatable bonds is 3. The van der Waals surface area contributed by atoms with Gasteiger partial charge in [-0.3, -0.25) is 0 Å². The van der Waals surface area contributed by atoms with Gasteiger partial charge >= 0.3 is 12.0 Å². The van der Waals surface area contributed by atoms with Crippen LogP contribution in [0.1, 0.15) is 21.7 Å². The highest BCUT2D eigenvalue weighted by Gasteiger charge is 2.17. The maximum absolute atomic E-state index is 10.9. The van der Waals surface area contributed by atoms with Crippen LogP contribution < -0.4 is 4.74 Å². The van der Waals surface area contributed by atoms with Crippen LogP contribution in [0.3, 0.4) is 0 Å². The summed E-state index contributed by atoms with van der Waals surface area (Å²) in [5, 5.41) is 18.0. The molecule has 2 aromatic heterocycles. The summed E-state index contributed by atoms with van der Waals surface area (Å²) in [7, 11) is 0. The van der Waals surface area contributed by atoms with Crippen molar-refractivity contribution in [2.75, 3.05) is 0 Å². The molecule has 23 heavy (non-hydrogen) atoms. The van der Waals surface area contributed by atoms with E-state index in [0.717, 1.165) is 5.56 Å². The van der Waals surface area contributed by atoms with E-state index in [-0.39, 0.29) is 17.6 Å². The topological polar surface area (TPSA) is 114 Å². The summed E-state index contributed by atoms with van der Waals surface area (Å²) in [6, 6.07) is 11.0. The average molecular weight is 307 g/mol. The highest BCUT2D eigenvalue weighted by Crippen LogP contribution is 2.17. The van der Waals surface area contributed by atoms with Crippen molar-refractivity contribution in [3.05, 3.63) is 59.5 Å². The molecule has 0 atom stereocenters. The molecule has 0 radical (unpaired) electrons. The van der Waals surface area contributed by atoms with Crippen molar-refractivity contribution in [1.82, 2.24) is 25.4 Å². The Kier molecular flexibility index (Phi) is 3.93. The highest BCUT2D eigenvalue weighted by atomic mass is 16.5. The lowest BCUT2D eigenvalue weighted by atomic mass is 10.2. The molecule has 0 bridgehead atoms. The van der Waals surface area contributed by atoms with Crippen LogP contribution >= 0.6 is 0 Å². The van der Waals surface area contributed by atoms with Gasteiger partial charge in [0.25, 0.3) is 5.88 Å². The monoisotopic (exact) mass is 307 g/mol. The molecule has 0 aliphatic carbocycles. The molecule has 0 fully saturated rings. The molecule has 3 rings (SSSR count). The summed E-state index contributed by atoms with van der Waals surface area (Å²) in [5.41, 5.74) is 0.928. The van der Waals surface area contributed by atoms with Gasteiger partial charge in [0, 0.05) is 11.8 Å². The molecular formula is C15H9N5O3. The van der Waals surface area contributed by atoms with Gasteiger partial charge in [-0.2, -0.15) is 4.98 Å². The Bertz CT molecular complexity index is 896. The number of aromatic nitrogens is 5. The van der Waals surface area contributed by atoms with E-state index in [4.69, 9.17) is 9.84 Å². The zero-order valence-corrected chi connectivity index (χ0v) is 11.6. The van der Waals surface area contributed by atoms with Gasteiger partial charge in [0.15, 0.2) is 0 Å². The van der Waals surface area contributed by atoms with Crippen LogP contribution in [0.15, 0.2) is 42.6 Å². The first-order chi connectivity index (χ1) is 11.2. The SMILES string of the molecule is O=C(O)c1nn[nH]c1Oc1nccc(C#Cc2ccccc2)n1. The Labute approximate surface area is 130 Å². The van der Waals surface area contributed by atoms with Crippen LogP contribution in [0.25, 0.3) is 0 Å². The maximum Gasteiger partial charge on any atom is 0.362 e. The Morgan fingerprint density at radius 1 is 1.17 bits per heavy atom. The second kappa shape index (κ2) is 6.36. The van der Waals surface area contributed by atoms with Gasteiger partial charge in [-0.05, 0) is 24.1 Å². The number of hydrogen-bond acceptors (Lipinski definition) is 6. The van der Waals surface area contributed by atoms with Gasteiger partial charge in [0.05, 0.1) is 0 Å². The Hall–Kier alpha value is -3.73. The van der Waals surface area contributed by atoms with Crippen LogP contribution in [-0.4, -0.2) is 36.5 Å². The number of nitrogens with zero attached hydrogens (tertiary/aromatic N) is 4. The fourth-order valence-electron chi connectivity index (χ4n) is 1.64. The molecule has 0 unspecified atom stereocenters. The van der Waals surface area contributed by atoms with E-state index in [1.807, 2.05) is 30.3 Å². The number of aromatic amines is 1. The number of carbonyl (C=O) groups is 1. The zero-order chi connectivity index (χ0) is 16.1. The average Bonchev–Trinajstić information content (AvgIpc) is 3.03. The molecule has 8 nitrogen and oxygen atoms in total. The predicted octanol–water partition coefficient (Wildman–Crippen LogP) is 1.48. The summed E-state index contributed by atoms with van der Waals surface area (Å²) in [6.45, 7) is 0. The van der Waals surface area contributed by atoms with E-state index in [2.05, 4.69) is 37.2 Å². The third-order valence-electron chi connectivity index (χ3n) is 2.65. The first-order valence-corrected chi connectivity index (χ1v) is 6.44. The van der Waals surface area contributed by atoms with Gasteiger partial charge in [-0.15, -0.1) is 5.10 Å². The van der Waals surface area contributed by atoms with E-state index < -0.39 is 5.97 Å². The van der Waals surface area contributed by atoms with Gasteiger partial charge in [0.1, 0.15) is 5.69 Å². The molecule has 0 saturated carbocycles. The molecule has 0 spiro atoms. The quantitative estimate of drug-likeness (QED) is 0.704. The van der Waals surface area contributed by atoms with Crippen molar-refractivity contribution in [3.63, 3.8) is 0 Å². The van der Waals surface area contributed by atoms with Crippen LogP contribution in [0.2, 0.25) is 0 Å². The van der Waals surface area contributed by atoms with E-state index >= 15 is 0 Å². The standard InChI is InChI=1S/C15H9N5O3/c21-14(22)12-13(19-20-18-12)23-15-16-9-8-11(17-15)7-6-10-4-2-1-3-5-10/h1-5,8-9H,(H,21,22)(H,18,19,20). The van der Waals surface area contributed by atoms with E-state index in [1.54, 1.807) is 6.07 Å². The minimum atomic E-state index is -1.27. The molecule has 3 aromatic rings. The Balaban J connectivity index is 1.82. The molecule has 1 aromatic carbocycles. The van der Waals surface area contributed by atoms with Crippen LogP contribution in [0, 0.1) is 11.8 Å². The number of carboxylic acid groups (broad SMARTS) is 1. The third-order valence-corrected chi connectivity index (χ3v) is 2.65. The molecule has 2 heterocycles. The molecule has 0 saturated heterocycles. The van der Waals surface area contributed by atoms with Gasteiger partial charge in [-0.1, -0.05) is 29.3 Å². The van der Waals surface area contributed by atoms with Gasteiger partial charge < -0.3 is 9.84 Å². The van der Waals surface area contributed by atoms with Gasteiger partial charge in [-0.25, -0.2) is 14.9 Å². The summed E-state index contributed by atoms with van der Waals surface area (Å²) in [5.74, 6) is 4.42. The van der Waals surface area contributed by atoms with Gasteiger partial charge in [0.2, 0.25) is 5.69 Å². The number of H-pyrrole nitrogens is 1. The summed E-state index contributed by atoms with van der Waals surface area (Å²) in [4.78, 5) is 18.9. The Morgan fingerprint density at radius 3 is 2.78 bits per heavy atom. The minimum Gasteiger partial charge on any atom is -0.476 e. The normalized spacial score (nSPS) is 9.74. The smallest absolute Gasteiger partial charge is 0.362 e. The lowest BCUT2D eigenvalue weighted by molar-refractivity contribution is 0.0687. The molecule has 0 amide bonds. The fourth-order valence-corrected chi connectivity index (χ4v) is 1.64. The largest absolute Gasteiger partial charge is 0.476 e. The van der Waals surface area contributed by atoms with Crippen molar-refractivity contribution < 1.29 is 14.6 Å². The van der Waals surface area contributed by atoms with E-state index in [0.29, 0.717) is 5.69 Å². The fraction of sp³-hybridized carbons (Fsp3) is 0. The maximum atomic E-state index is 10.9. The first-order valence-electron chi connectivity index (χ1n) is 6.44. The predicted molar refractivity (Wildman–Crippen MR) is 77.9 cm³/mol. The van der Waals surface area contributed by atoms with E-state index in [9.17, 15) is 4.79 Å².